The second-order valence-corrected chi connectivity index (χ2v) is 7.03. The van der Waals surface area contributed by atoms with Crippen molar-refractivity contribution in [1.82, 2.24) is 4.72 Å². The lowest BCUT2D eigenvalue weighted by Gasteiger charge is -2.14. The Balaban J connectivity index is 2.25. The maximum Gasteiger partial charge on any atom is 0.242 e. The van der Waals surface area contributed by atoms with Gasteiger partial charge in [0.2, 0.25) is 10.0 Å². The van der Waals surface area contributed by atoms with E-state index in [1.54, 1.807) is 0 Å². The molecule has 0 radical (unpaired) electrons. The van der Waals surface area contributed by atoms with Crippen molar-refractivity contribution < 1.29 is 12.8 Å². The summed E-state index contributed by atoms with van der Waals surface area (Å²) in [6.07, 6.45) is 3.15. The van der Waals surface area contributed by atoms with E-state index in [-0.39, 0.29) is 23.0 Å². The second kappa shape index (κ2) is 6.56. The van der Waals surface area contributed by atoms with E-state index in [4.69, 9.17) is 5.73 Å². The van der Waals surface area contributed by atoms with Crippen molar-refractivity contribution in [2.45, 2.75) is 37.1 Å². The number of hydrogen-bond donors (Lipinski definition) is 2. The Morgan fingerprint density at radius 3 is 2.81 bits per heavy atom. The topological polar surface area (TPSA) is 72.2 Å². The van der Waals surface area contributed by atoms with E-state index in [2.05, 4.69) is 16.6 Å². The average Bonchev–Trinajstić information content (AvgIpc) is 3.19. The summed E-state index contributed by atoms with van der Waals surface area (Å²) in [7, 11) is -3.72. The van der Waals surface area contributed by atoms with Gasteiger partial charge in [0.15, 0.2) is 0 Å². The maximum atomic E-state index is 13.3. The number of nitrogens with two attached hydrogens (primary N) is 1. The highest BCUT2D eigenvalue weighted by Gasteiger charge is 2.27. The van der Waals surface area contributed by atoms with Crippen molar-refractivity contribution in [2.75, 3.05) is 6.54 Å². The van der Waals surface area contributed by atoms with Crippen LogP contribution in [0.3, 0.4) is 0 Å². The van der Waals surface area contributed by atoms with Crippen LogP contribution in [-0.4, -0.2) is 21.0 Å². The Bertz CT molecular complexity index is 673. The van der Waals surface area contributed by atoms with Crippen molar-refractivity contribution >= 4 is 10.0 Å². The highest BCUT2D eigenvalue weighted by atomic mass is 32.2. The van der Waals surface area contributed by atoms with Crippen molar-refractivity contribution in [2.24, 2.45) is 11.7 Å². The van der Waals surface area contributed by atoms with Crippen LogP contribution in [0.5, 0.6) is 0 Å². The molecule has 4 nitrogen and oxygen atoms in total. The Labute approximate surface area is 125 Å². The molecular weight excluding hydrogens is 291 g/mol. The van der Waals surface area contributed by atoms with Gasteiger partial charge in [-0.25, -0.2) is 17.5 Å². The smallest absolute Gasteiger partial charge is 0.242 e. The first-order valence-corrected chi connectivity index (χ1v) is 8.41. The van der Waals surface area contributed by atoms with Crippen molar-refractivity contribution in [3.8, 4) is 11.8 Å². The minimum Gasteiger partial charge on any atom is -0.320 e. The lowest BCUT2D eigenvalue weighted by Crippen LogP contribution is -2.33. The summed E-state index contributed by atoms with van der Waals surface area (Å²) < 4.78 is 40.7. The minimum atomic E-state index is -3.72. The zero-order valence-electron chi connectivity index (χ0n) is 11.9. The molecule has 1 aliphatic carbocycles. The van der Waals surface area contributed by atoms with Gasteiger partial charge >= 0.3 is 0 Å². The molecule has 0 aromatic heterocycles. The minimum absolute atomic E-state index is 0.00695. The summed E-state index contributed by atoms with van der Waals surface area (Å²) in [5.74, 6) is 5.26. The van der Waals surface area contributed by atoms with Gasteiger partial charge in [0.1, 0.15) is 5.82 Å². The van der Waals surface area contributed by atoms with Gasteiger partial charge in [0, 0.05) is 11.6 Å². The first kappa shape index (κ1) is 16.0. The lowest BCUT2D eigenvalue weighted by atomic mass is 10.2. The normalized spacial score (nSPS) is 16.1. The molecule has 1 saturated carbocycles. The molecule has 1 unspecified atom stereocenters. The summed E-state index contributed by atoms with van der Waals surface area (Å²) in [5.41, 5.74) is 5.41. The number of rotatable bonds is 5. The fourth-order valence-corrected chi connectivity index (χ4v) is 3.61. The molecule has 1 atom stereocenters. The molecule has 1 aliphatic rings. The molecule has 1 fully saturated rings. The van der Waals surface area contributed by atoms with Gasteiger partial charge < -0.3 is 5.73 Å². The highest BCUT2D eigenvalue weighted by molar-refractivity contribution is 7.89. The van der Waals surface area contributed by atoms with Crippen LogP contribution in [0.25, 0.3) is 0 Å². The van der Waals surface area contributed by atoms with Crippen LogP contribution < -0.4 is 10.5 Å². The van der Waals surface area contributed by atoms with Gasteiger partial charge in [-0.3, -0.25) is 0 Å². The third-order valence-corrected chi connectivity index (χ3v) is 4.94. The molecule has 0 spiro atoms. The molecule has 0 saturated heterocycles. The van der Waals surface area contributed by atoms with Gasteiger partial charge in [0.25, 0.3) is 0 Å². The molecule has 3 N–H and O–H groups in total. The van der Waals surface area contributed by atoms with Gasteiger partial charge in [-0.1, -0.05) is 24.7 Å². The summed E-state index contributed by atoms with van der Waals surface area (Å²) >= 11 is 0. The van der Waals surface area contributed by atoms with Crippen LogP contribution in [0.4, 0.5) is 4.39 Å². The third kappa shape index (κ3) is 4.53. The molecule has 114 valence electrons. The Kier molecular flexibility index (Phi) is 4.99. The second-order valence-electron chi connectivity index (χ2n) is 5.35. The molecule has 0 aliphatic heterocycles. The number of benzene rings is 1. The van der Waals surface area contributed by atoms with E-state index in [0.29, 0.717) is 5.92 Å². The van der Waals surface area contributed by atoms with Crippen LogP contribution in [0.15, 0.2) is 23.1 Å². The molecular formula is C15H19FN2O2S. The van der Waals surface area contributed by atoms with E-state index in [1.165, 1.54) is 6.07 Å². The van der Waals surface area contributed by atoms with Crippen LogP contribution in [0.2, 0.25) is 0 Å². The lowest BCUT2D eigenvalue weighted by molar-refractivity contribution is 0.529. The van der Waals surface area contributed by atoms with Crippen molar-refractivity contribution in [3.63, 3.8) is 0 Å². The molecule has 1 aromatic rings. The zero-order chi connectivity index (χ0) is 15.5. The quantitative estimate of drug-likeness (QED) is 0.812. The fourth-order valence-electron chi connectivity index (χ4n) is 2.21. The van der Waals surface area contributed by atoms with Gasteiger partial charge in [0.05, 0.1) is 11.4 Å². The number of halogens is 1. The van der Waals surface area contributed by atoms with E-state index in [0.717, 1.165) is 31.4 Å². The summed E-state index contributed by atoms with van der Waals surface area (Å²) in [6.45, 7) is 1.92. The zero-order valence-corrected chi connectivity index (χ0v) is 12.7. The van der Waals surface area contributed by atoms with Gasteiger partial charge in [-0.05, 0) is 37.5 Å². The fraction of sp³-hybridized carbons (Fsp3) is 0.467. The largest absolute Gasteiger partial charge is 0.320 e. The summed E-state index contributed by atoms with van der Waals surface area (Å²) in [6, 6.07) is 3.32. The first-order valence-electron chi connectivity index (χ1n) is 6.93. The Morgan fingerprint density at radius 2 is 2.19 bits per heavy atom. The van der Waals surface area contributed by atoms with Crippen molar-refractivity contribution in [3.05, 3.63) is 29.6 Å². The van der Waals surface area contributed by atoms with Crippen LogP contribution in [0.1, 0.15) is 31.7 Å². The van der Waals surface area contributed by atoms with Gasteiger partial charge in [-0.2, -0.15) is 0 Å². The van der Waals surface area contributed by atoms with Crippen LogP contribution in [-0.2, 0) is 10.0 Å². The summed E-state index contributed by atoms with van der Waals surface area (Å²) in [5, 5.41) is 0. The number of sulfonamides is 1. The highest BCUT2D eigenvalue weighted by Crippen LogP contribution is 2.33. The van der Waals surface area contributed by atoms with E-state index >= 15 is 0 Å². The molecule has 2 rings (SSSR count). The summed E-state index contributed by atoms with van der Waals surface area (Å²) in [4.78, 5) is -0.00695. The standard InChI is InChI=1S/C15H19FN2O2S/c1-11(9-12-4-5-12)18-21(19,20)15-7-6-14(16)10-13(15)3-2-8-17/h6-7,10-12,18H,4-5,8-9,17H2,1H3. The molecule has 6 heteroatoms. The monoisotopic (exact) mass is 310 g/mol. The number of nitrogens with one attached hydrogen (secondary N) is 1. The van der Waals surface area contributed by atoms with Crippen LogP contribution in [0, 0.1) is 23.6 Å². The third-order valence-electron chi connectivity index (χ3n) is 3.30. The average molecular weight is 310 g/mol. The molecule has 0 amide bonds. The van der Waals surface area contributed by atoms with E-state index in [1.807, 2.05) is 6.92 Å². The Morgan fingerprint density at radius 1 is 1.48 bits per heavy atom. The SMILES string of the molecule is CC(CC1CC1)NS(=O)(=O)c1ccc(F)cc1C#CCN. The van der Waals surface area contributed by atoms with E-state index in [9.17, 15) is 12.8 Å². The molecule has 1 aromatic carbocycles. The molecule has 0 heterocycles. The maximum absolute atomic E-state index is 13.3. The number of hydrogen-bond acceptors (Lipinski definition) is 3. The van der Waals surface area contributed by atoms with Crippen molar-refractivity contribution in [1.29, 1.82) is 0 Å². The Hall–Kier alpha value is -1.42. The predicted octanol–water partition coefficient (Wildman–Crippen LogP) is 1.60. The molecule has 21 heavy (non-hydrogen) atoms. The molecule has 0 bridgehead atoms. The first-order chi connectivity index (χ1) is 9.92. The van der Waals surface area contributed by atoms with Gasteiger partial charge in [-0.15, -0.1) is 0 Å². The predicted molar refractivity (Wildman–Crippen MR) is 79.5 cm³/mol. The van der Waals surface area contributed by atoms with Crippen LogP contribution >= 0.6 is 0 Å². The van der Waals surface area contributed by atoms with E-state index < -0.39 is 15.8 Å².